The first kappa shape index (κ1) is 23.2. The molecule has 3 aromatic rings. The van der Waals surface area contributed by atoms with E-state index in [1.54, 1.807) is 24.3 Å². The standard InChI is InChI=1S/C26H23N3O4S/c1-17(2)24(28-25-22-9-5-6-10-23(22)34(31,32)29-25)26(30)33-16-18-11-13-19(14-12-18)21-8-4-3-7-20(21)15-27/h3-14,17,24H,16H2,1-2H3,(H,28,29)/t24-/m0/s1. The zero-order chi connectivity index (χ0) is 24.3. The molecule has 4 rings (SSSR count). The summed E-state index contributed by atoms with van der Waals surface area (Å²) in [6.07, 6.45) is 0. The highest BCUT2D eigenvalue weighted by Gasteiger charge is 2.33. The largest absolute Gasteiger partial charge is 0.459 e. The molecule has 0 saturated carbocycles. The van der Waals surface area contributed by atoms with Gasteiger partial charge in [-0.3, -0.25) is 9.71 Å². The lowest BCUT2D eigenvalue weighted by molar-refractivity contribution is -0.147. The summed E-state index contributed by atoms with van der Waals surface area (Å²) < 4.78 is 32.6. The number of esters is 1. The lowest BCUT2D eigenvalue weighted by Gasteiger charge is -2.16. The first-order valence-corrected chi connectivity index (χ1v) is 12.2. The van der Waals surface area contributed by atoms with Gasteiger partial charge < -0.3 is 4.74 Å². The summed E-state index contributed by atoms with van der Waals surface area (Å²) in [6, 6.07) is 22.6. The van der Waals surface area contributed by atoms with Gasteiger partial charge in [-0.05, 0) is 40.8 Å². The molecule has 0 aromatic heterocycles. The Morgan fingerprint density at radius 2 is 1.65 bits per heavy atom. The second-order valence-corrected chi connectivity index (χ2v) is 9.88. The van der Waals surface area contributed by atoms with E-state index in [0.29, 0.717) is 11.1 Å². The molecular weight excluding hydrogens is 450 g/mol. The van der Waals surface area contributed by atoms with Crippen molar-refractivity contribution in [3.05, 3.63) is 89.5 Å². The average Bonchev–Trinajstić information content (AvgIpc) is 3.11. The van der Waals surface area contributed by atoms with Crippen LogP contribution in [0.3, 0.4) is 0 Å². The summed E-state index contributed by atoms with van der Waals surface area (Å²) in [6.45, 7) is 3.70. The molecule has 0 radical (unpaired) electrons. The van der Waals surface area contributed by atoms with Crippen molar-refractivity contribution in [1.82, 2.24) is 4.72 Å². The van der Waals surface area contributed by atoms with Gasteiger partial charge in [-0.25, -0.2) is 13.2 Å². The maximum Gasteiger partial charge on any atom is 0.331 e. The predicted octanol–water partition coefficient (Wildman–Crippen LogP) is 4.03. The molecule has 0 aliphatic carbocycles. The summed E-state index contributed by atoms with van der Waals surface area (Å²) in [5.74, 6) is -0.598. The monoisotopic (exact) mass is 473 g/mol. The van der Waals surface area contributed by atoms with Crippen molar-refractivity contribution in [3.63, 3.8) is 0 Å². The van der Waals surface area contributed by atoms with E-state index in [0.717, 1.165) is 16.7 Å². The van der Waals surface area contributed by atoms with Gasteiger partial charge in [0.05, 0.1) is 16.5 Å². The number of aliphatic imine (C=N–C) groups is 1. The normalized spacial score (nSPS) is 15.9. The number of carbonyl (C=O) groups is 1. The fraction of sp³-hybridized carbons (Fsp3) is 0.192. The minimum absolute atomic E-state index is 0.0510. The molecule has 1 aliphatic heterocycles. The number of nitrogens with one attached hydrogen (secondary N) is 1. The summed E-state index contributed by atoms with van der Waals surface area (Å²) in [7, 11) is -3.69. The van der Waals surface area contributed by atoms with Gasteiger partial charge in [0, 0.05) is 5.56 Å². The van der Waals surface area contributed by atoms with Crippen LogP contribution < -0.4 is 4.72 Å². The fourth-order valence-electron chi connectivity index (χ4n) is 3.70. The molecule has 0 fully saturated rings. The quantitative estimate of drug-likeness (QED) is 0.544. The van der Waals surface area contributed by atoms with Crippen LogP contribution in [0.5, 0.6) is 0 Å². The number of amidine groups is 1. The number of nitriles is 1. The predicted molar refractivity (Wildman–Crippen MR) is 128 cm³/mol. The van der Waals surface area contributed by atoms with Gasteiger partial charge in [-0.2, -0.15) is 5.26 Å². The molecule has 0 bridgehead atoms. The Labute approximate surface area is 198 Å². The van der Waals surface area contributed by atoms with Crippen LogP contribution in [0.15, 0.2) is 82.7 Å². The van der Waals surface area contributed by atoms with Gasteiger partial charge in [0.2, 0.25) is 0 Å². The third-order valence-electron chi connectivity index (χ3n) is 5.50. The van der Waals surface area contributed by atoms with Crippen molar-refractivity contribution in [2.24, 2.45) is 10.9 Å². The Morgan fingerprint density at radius 1 is 1.00 bits per heavy atom. The van der Waals surface area contributed by atoms with E-state index in [9.17, 15) is 18.5 Å². The van der Waals surface area contributed by atoms with Gasteiger partial charge in [0.25, 0.3) is 10.0 Å². The van der Waals surface area contributed by atoms with Crippen molar-refractivity contribution >= 4 is 21.8 Å². The van der Waals surface area contributed by atoms with E-state index in [1.165, 1.54) is 6.07 Å². The van der Waals surface area contributed by atoms with Gasteiger partial charge in [-0.15, -0.1) is 0 Å². The van der Waals surface area contributed by atoms with E-state index in [-0.39, 0.29) is 23.3 Å². The molecule has 0 unspecified atom stereocenters. The van der Waals surface area contributed by atoms with Crippen LogP contribution >= 0.6 is 0 Å². The number of fused-ring (bicyclic) bond motifs is 1. The molecule has 1 atom stereocenters. The van der Waals surface area contributed by atoms with E-state index < -0.39 is 22.0 Å². The lowest BCUT2D eigenvalue weighted by atomic mass is 9.99. The minimum Gasteiger partial charge on any atom is -0.459 e. The number of carbonyl (C=O) groups excluding carboxylic acids is 1. The number of ether oxygens (including phenoxy) is 1. The average molecular weight is 474 g/mol. The van der Waals surface area contributed by atoms with Gasteiger partial charge >= 0.3 is 5.97 Å². The molecule has 0 saturated heterocycles. The zero-order valence-corrected chi connectivity index (χ0v) is 19.5. The summed E-state index contributed by atoms with van der Waals surface area (Å²) in [4.78, 5) is 17.4. The summed E-state index contributed by atoms with van der Waals surface area (Å²) >= 11 is 0. The van der Waals surface area contributed by atoms with Crippen molar-refractivity contribution in [3.8, 4) is 17.2 Å². The molecule has 1 aliphatic rings. The van der Waals surface area contributed by atoms with Gasteiger partial charge in [0.1, 0.15) is 12.4 Å². The Hall–Kier alpha value is -3.96. The zero-order valence-electron chi connectivity index (χ0n) is 18.7. The Morgan fingerprint density at radius 3 is 2.32 bits per heavy atom. The molecule has 0 spiro atoms. The van der Waals surface area contributed by atoms with Crippen LogP contribution in [-0.4, -0.2) is 26.3 Å². The molecule has 1 N–H and O–H groups in total. The highest BCUT2D eigenvalue weighted by molar-refractivity contribution is 7.90. The van der Waals surface area contributed by atoms with Crippen molar-refractivity contribution in [2.45, 2.75) is 31.4 Å². The van der Waals surface area contributed by atoms with Crippen LogP contribution in [0.25, 0.3) is 11.1 Å². The molecule has 1 heterocycles. The van der Waals surface area contributed by atoms with Crippen LogP contribution in [0.2, 0.25) is 0 Å². The first-order chi connectivity index (χ1) is 16.3. The van der Waals surface area contributed by atoms with Crippen molar-refractivity contribution in [2.75, 3.05) is 0 Å². The molecule has 172 valence electrons. The third-order valence-corrected chi connectivity index (χ3v) is 6.89. The highest BCUT2D eigenvalue weighted by atomic mass is 32.2. The number of hydrogen-bond acceptors (Lipinski definition) is 6. The van der Waals surface area contributed by atoms with Crippen molar-refractivity contribution in [1.29, 1.82) is 5.26 Å². The Bertz CT molecular complexity index is 1400. The Balaban J connectivity index is 1.48. The van der Waals surface area contributed by atoms with Crippen LogP contribution in [0.1, 0.15) is 30.5 Å². The van der Waals surface area contributed by atoms with E-state index in [4.69, 9.17) is 4.74 Å². The van der Waals surface area contributed by atoms with Crippen molar-refractivity contribution < 1.29 is 17.9 Å². The third kappa shape index (κ3) is 4.70. The number of sulfonamides is 1. The minimum atomic E-state index is -3.69. The second-order valence-electron chi connectivity index (χ2n) is 8.23. The molecule has 34 heavy (non-hydrogen) atoms. The SMILES string of the molecule is CC(C)[C@H](N=C1NS(=O)(=O)c2ccccc21)C(=O)OCc1ccc(-c2ccccc2C#N)cc1. The van der Waals surface area contributed by atoms with E-state index in [2.05, 4.69) is 15.8 Å². The Kier molecular flexibility index (Phi) is 6.48. The fourth-order valence-corrected chi connectivity index (χ4v) is 4.93. The lowest BCUT2D eigenvalue weighted by Crippen LogP contribution is -2.31. The molecule has 0 amide bonds. The van der Waals surface area contributed by atoms with Gasteiger partial charge in [-0.1, -0.05) is 68.4 Å². The van der Waals surface area contributed by atoms with Crippen LogP contribution in [-0.2, 0) is 26.2 Å². The van der Waals surface area contributed by atoms with E-state index >= 15 is 0 Å². The maximum absolute atomic E-state index is 12.8. The molecule has 7 nitrogen and oxygen atoms in total. The highest BCUT2D eigenvalue weighted by Crippen LogP contribution is 2.25. The number of hydrogen-bond donors (Lipinski definition) is 1. The van der Waals surface area contributed by atoms with Crippen LogP contribution in [0.4, 0.5) is 0 Å². The smallest absolute Gasteiger partial charge is 0.331 e. The number of rotatable bonds is 6. The molecular formula is C26H23N3O4S. The van der Waals surface area contributed by atoms with E-state index in [1.807, 2.05) is 56.3 Å². The van der Waals surface area contributed by atoms with Crippen LogP contribution in [0, 0.1) is 17.2 Å². The van der Waals surface area contributed by atoms with Gasteiger partial charge in [0.15, 0.2) is 6.04 Å². The first-order valence-electron chi connectivity index (χ1n) is 10.8. The molecule has 3 aromatic carbocycles. The topological polar surface area (TPSA) is 109 Å². The second kappa shape index (κ2) is 9.49. The summed E-state index contributed by atoms with van der Waals surface area (Å²) in [5.41, 5.74) is 3.54. The number of nitrogens with zero attached hydrogens (tertiary/aromatic N) is 2. The number of benzene rings is 3. The maximum atomic E-state index is 12.8. The molecule has 8 heteroatoms. The summed E-state index contributed by atoms with van der Waals surface area (Å²) in [5, 5.41) is 9.31.